The van der Waals surface area contributed by atoms with E-state index in [9.17, 15) is 23.7 Å². The zero-order valence-electron chi connectivity index (χ0n) is 8.66. The number of nitro benzene ring substituents is 1. The summed E-state index contributed by atoms with van der Waals surface area (Å²) >= 11 is 0. The van der Waals surface area contributed by atoms with E-state index in [1.165, 1.54) is 6.92 Å². The Balaban J connectivity index is 3.52. The minimum Gasteiger partial charge on any atom is -0.294 e. The summed E-state index contributed by atoms with van der Waals surface area (Å²) in [6.07, 6.45) is -2.79. The molecular formula is C10H9F2NO3. The first kappa shape index (κ1) is 12.2. The molecule has 0 aromatic heterocycles. The molecule has 0 saturated carbocycles. The van der Waals surface area contributed by atoms with Crippen molar-refractivity contribution in [2.75, 3.05) is 0 Å². The van der Waals surface area contributed by atoms with Crippen LogP contribution in [0.4, 0.5) is 14.5 Å². The number of ketones is 1. The standard InChI is InChI=1S/C10H9F2NO3/c1-5-3-7(10(11)12)4-8(13(15)16)9(5)6(2)14/h3-4,10H,1-2H3. The molecule has 0 amide bonds. The summed E-state index contributed by atoms with van der Waals surface area (Å²) in [6, 6.07) is 1.84. The van der Waals surface area contributed by atoms with Gasteiger partial charge in [0.05, 0.1) is 10.5 Å². The number of alkyl halides is 2. The predicted octanol–water partition coefficient (Wildman–Crippen LogP) is 3.04. The first-order valence-corrected chi connectivity index (χ1v) is 4.42. The van der Waals surface area contributed by atoms with Gasteiger partial charge in [-0.05, 0) is 25.5 Å². The molecule has 6 heteroatoms. The molecule has 0 saturated heterocycles. The van der Waals surface area contributed by atoms with E-state index in [1.807, 2.05) is 0 Å². The highest BCUT2D eigenvalue weighted by atomic mass is 19.3. The third-order valence-corrected chi connectivity index (χ3v) is 2.14. The predicted molar refractivity (Wildman–Crippen MR) is 52.8 cm³/mol. The van der Waals surface area contributed by atoms with Crippen LogP contribution in [0.25, 0.3) is 0 Å². The maximum atomic E-state index is 12.4. The van der Waals surface area contributed by atoms with E-state index in [4.69, 9.17) is 0 Å². The van der Waals surface area contributed by atoms with Crippen molar-refractivity contribution in [3.8, 4) is 0 Å². The molecule has 1 rings (SSSR count). The second kappa shape index (κ2) is 4.34. The molecule has 0 unspecified atom stereocenters. The van der Waals surface area contributed by atoms with Crippen molar-refractivity contribution in [1.82, 2.24) is 0 Å². The SMILES string of the molecule is CC(=O)c1c(C)cc(C(F)F)cc1[N+](=O)[O-]. The number of nitrogens with zero attached hydrogens (tertiary/aromatic N) is 1. The van der Waals surface area contributed by atoms with E-state index >= 15 is 0 Å². The Kier molecular flexibility index (Phi) is 3.31. The minimum absolute atomic E-state index is 0.116. The topological polar surface area (TPSA) is 60.2 Å². The van der Waals surface area contributed by atoms with Gasteiger partial charge in [0.1, 0.15) is 0 Å². The van der Waals surface area contributed by atoms with Crippen molar-refractivity contribution in [1.29, 1.82) is 0 Å². The molecule has 16 heavy (non-hydrogen) atoms. The molecular weight excluding hydrogens is 220 g/mol. The van der Waals surface area contributed by atoms with Crippen LogP contribution in [0.15, 0.2) is 12.1 Å². The van der Waals surface area contributed by atoms with E-state index in [0.717, 1.165) is 19.1 Å². The van der Waals surface area contributed by atoms with Crippen LogP contribution >= 0.6 is 0 Å². The summed E-state index contributed by atoms with van der Waals surface area (Å²) in [7, 11) is 0. The Morgan fingerprint density at radius 1 is 1.44 bits per heavy atom. The van der Waals surface area contributed by atoms with Crippen molar-refractivity contribution in [3.05, 3.63) is 38.9 Å². The van der Waals surface area contributed by atoms with E-state index < -0.39 is 28.4 Å². The summed E-state index contributed by atoms with van der Waals surface area (Å²) in [5.74, 6) is -0.509. The van der Waals surface area contributed by atoms with Crippen LogP contribution in [0.1, 0.15) is 34.8 Å². The molecule has 0 atom stereocenters. The van der Waals surface area contributed by atoms with Crippen molar-refractivity contribution in [3.63, 3.8) is 0 Å². The molecule has 86 valence electrons. The van der Waals surface area contributed by atoms with Gasteiger partial charge in [0.25, 0.3) is 12.1 Å². The summed E-state index contributed by atoms with van der Waals surface area (Å²) in [5.41, 5.74) is -0.941. The smallest absolute Gasteiger partial charge is 0.280 e. The Labute approximate surface area is 90.0 Å². The first-order valence-electron chi connectivity index (χ1n) is 4.42. The average Bonchev–Trinajstić information content (AvgIpc) is 2.15. The Morgan fingerprint density at radius 2 is 2.00 bits per heavy atom. The number of carbonyl (C=O) groups excluding carboxylic acids is 1. The van der Waals surface area contributed by atoms with Crippen molar-refractivity contribution in [2.45, 2.75) is 20.3 Å². The summed E-state index contributed by atoms with van der Waals surface area (Å²) in [4.78, 5) is 21.0. The second-order valence-corrected chi connectivity index (χ2v) is 3.35. The lowest BCUT2D eigenvalue weighted by molar-refractivity contribution is -0.385. The van der Waals surface area contributed by atoms with Gasteiger partial charge < -0.3 is 0 Å². The van der Waals surface area contributed by atoms with E-state index in [1.54, 1.807) is 0 Å². The number of Topliss-reactive ketones (excluding diaryl/α,β-unsaturated/α-hetero) is 1. The Bertz CT molecular complexity index is 458. The minimum atomic E-state index is -2.79. The molecule has 0 aliphatic carbocycles. The van der Waals surface area contributed by atoms with Gasteiger partial charge in [-0.2, -0.15) is 0 Å². The fourth-order valence-corrected chi connectivity index (χ4v) is 1.52. The van der Waals surface area contributed by atoms with Crippen molar-refractivity contribution in [2.24, 2.45) is 0 Å². The Morgan fingerprint density at radius 3 is 2.38 bits per heavy atom. The molecule has 0 N–H and O–H groups in total. The van der Waals surface area contributed by atoms with Crippen LogP contribution < -0.4 is 0 Å². The quantitative estimate of drug-likeness (QED) is 0.454. The number of aryl methyl sites for hydroxylation is 1. The van der Waals surface area contributed by atoms with Crippen LogP contribution in [0, 0.1) is 17.0 Å². The van der Waals surface area contributed by atoms with Gasteiger partial charge >= 0.3 is 0 Å². The van der Waals surface area contributed by atoms with Crippen molar-refractivity contribution >= 4 is 11.5 Å². The maximum Gasteiger partial charge on any atom is 0.280 e. The van der Waals surface area contributed by atoms with Gasteiger partial charge in [0.15, 0.2) is 5.78 Å². The number of hydrogen-bond acceptors (Lipinski definition) is 3. The van der Waals surface area contributed by atoms with E-state index in [-0.39, 0.29) is 11.1 Å². The second-order valence-electron chi connectivity index (χ2n) is 3.35. The lowest BCUT2D eigenvalue weighted by atomic mass is 10.00. The van der Waals surface area contributed by atoms with Crippen LogP contribution in [-0.4, -0.2) is 10.7 Å². The highest BCUT2D eigenvalue weighted by Crippen LogP contribution is 2.29. The van der Waals surface area contributed by atoms with Crippen LogP contribution in [-0.2, 0) is 0 Å². The molecule has 0 aliphatic heterocycles. The molecule has 0 heterocycles. The van der Waals surface area contributed by atoms with Gasteiger partial charge in [0, 0.05) is 11.6 Å². The molecule has 0 bridgehead atoms. The van der Waals surface area contributed by atoms with Crippen LogP contribution in [0.2, 0.25) is 0 Å². The third kappa shape index (κ3) is 2.21. The normalized spacial score (nSPS) is 10.6. The molecule has 0 radical (unpaired) electrons. The molecule has 4 nitrogen and oxygen atoms in total. The number of hydrogen-bond donors (Lipinski definition) is 0. The average molecular weight is 229 g/mol. The Hall–Kier alpha value is -1.85. The monoisotopic (exact) mass is 229 g/mol. The summed E-state index contributed by atoms with van der Waals surface area (Å²) < 4.78 is 24.8. The van der Waals surface area contributed by atoms with Gasteiger partial charge in [-0.25, -0.2) is 8.78 Å². The third-order valence-electron chi connectivity index (χ3n) is 2.14. The molecule has 0 fully saturated rings. The van der Waals surface area contributed by atoms with Gasteiger partial charge in [0.2, 0.25) is 0 Å². The van der Waals surface area contributed by atoms with Crippen LogP contribution in [0.5, 0.6) is 0 Å². The summed E-state index contributed by atoms with van der Waals surface area (Å²) in [5, 5.41) is 10.7. The fourth-order valence-electron chi connectivity index (χ4n) is 1.52. The van der Waals surface area contributed by atoms with E-state index in [0.29, 0.717) is 0 Å². The number of carbonyl (C=O) groups is 1. The lowest BCUT2D eigenvalue weighted by Gasteiger charge is -2.06. The lowest BCUT2D eigenvalue weighted by Crippen LogP contribution is -2.04. The zero-order valence-corrected chi connectivity index (χ0v) is 8.66. The number of benzene rings is 1. The van der Waals surface area contributed by atoms with Gasteiger partial charge in [-0.3, -0.25) is 14.9 Å². The number of nitro groups is 1. The molecule has 0 aliphatic rings. The largest absolute Gasteiger partial charge is 0.294 e. The molecule has 1 aromatic rings. The van der Waals surface area contributed by atoms with Crippen molar-refractivity contribution < 1.29 is 18.5 Å². The highest BCUT2D eigenvalue weighted by molar-refractivity contribution is 5.99. The molecule has 1 aromatic carbocycles. The fraction of sp³-hybridized carbons (Fsp3) is 0.300. The van der Waals surface area contributed by atoms with Gasteiger partial charge in [-0.1, -0.05) is 0 Å². The van der Waals surface area contributed by atoms with Gasteiger partial charge in [-0.15, -0.1) is 0 Å². The zero-order chi connectivity index (χ0) is 12.5. The first-order chi connectivity index (χ1) is 7.34. The number of halogens is 2. The maximum absolute atomic E-state index is 12.4. The molecule has 0 spiro atoms. The van der Waals surface area contributed by atoms with Crippen LogP contribution in [0.3, 0.4) is 0 Å². The summed E-state index contributed by atoms with van der Waals surface area (Å²) in [6.45, 7) is 2.56. The van der Waals surface area contributed by atoms with E-state index in [2.05, 4.69) is 0 Å². The highest BCUT2D eigenvalue weighted by Gasteiger charge is 2.23. The number of rotatable bonds is 3.